The van der Waals surface area contributed by atoms with Gasteiger partial charge in [-0.2, -0.15) is 5.10 Å². The summed E-state index contributed by atoms with van der Waals surface area (Å²) in [6, 6.07) is 10.1. The Morgan fingerprint density at radius 2 is 1.62 bits per heavy atom. The summed E-state index contributed by atoms with van der Waals surface area (Å²) in [6.45, 7) is 10.9. The third-order valence-electron chi connectivity index (χ3n) is 3.82. The molecule has 2 aromatic heterocycles. The second-order valence-electron chi connectivity index (χ2n) is 7.02. The third-order valence-corrected chi connectivity index (χ3v) is 3.82. The van der Waals surface area contributed by atoms with Crippen molar-refractivity contribution in [2.24, 2.45) is 11.8 Å². The molecule has 0 aliphatic rings. The lowest BCUT2D eigenvalue weighted by atomic mass is 10.1. The van der Waals surface area contributed by atoms with Crippen molar-refractivity contribution in [1.82, 2.24) is 19.7 Å². The summed E-state index contributed by atoms with van der Waals surface area (Å²) in [7, 11) is 0. The minimum absolute atomic E-state index is 0.568. The molecule has 0 unspecified atom stereocenters. The highest BCUT2D eigenvalue weighted by Crippen LogP contribution is 2.25. The van der Waals surface area contributed by atoms with Gasteiger partial charge in [0.05, 0.1) is 17.3 Å². The zero-order chi connectivity index (χ0) is 17.1. The fourth-order valence-corrected chi connectivity index (χ4v) is 2.97. The van der Waals surface area contributed by atoms with Crippen LogP contribution in [-0.4, -0.2) is 32.8 Å². The molecule has 0 radical (unpaired) electrons. The predicted octanol–water partition coefficient (Wildman–Crippen LogP) is 3.93. The first-order chi connectivity index (χ1) is 11.6. The van der Waals surface area contributed by atoms with Crippen LogP contribution in [0.3, 0.4) is 0 Å². The molecule has 126 valence electrons. The van der Waals surface area contributed by atoms with Crippen LogP contribution in [-0.2, 0) is 0 Å². The molecule has 0 N–H and O–H groups in total. The molecule has 5 heteroatoms. The first kappa shape index (κ1) is 16.4. The van der Waals surface area contributed by atoms with Gasteiger partial charge in [-0.25, -0.2) is 14.6 Å². The number of hydrogen-bond donors (Lipinski definition) is 0. The summed E-state index contributed by atoms with van der Waals surface area (Å²) >= 11 is 0. The minimum atomic E-state index is 0.568. The van der Waals surface area contributed by atoms with Crippen molar-refractivity contribution in [3.8, 4) is 5.69 Å². The predicted molar refractivity (Wildman–Crippen MR) is 98.5 cm³/mol. The molecule has 24 heavy (non-hydrogen) atoms. The second-order valence-corrected chi connectivity index (χ2v) is 7.02. The van der Waals surface area contributed by atoms with Crippen LogP contribution in [0.2, 0.25) is 0 Å². The highest BCUT2D eigenvalue weighted by Gasteiger charge is 2.18. The van der Waals surface area contributed by atoms with Crippen LogP contribution in [0, 0.1) is 11.8 Å². The van der Waals surface area contributed by atoms with Crippen LogP contribution in [0.5, 0.6) is 0 Å². The van der Waals surface area contributed by atoms with Crippen molar-refractivity contribution in [3.05, 3.63) is 42.9 Å². The number of benzene rings is 1. The van der Waals surface area contributed by atoms with Crippen LogP contribution >= 0.6 is 0 Å². The summed E-state index contributed by atoms with van der Waals surface area (Å²) < 4.78 is 1.88. The van der Waals surface area contributed by atoms with E-state index in [9.17, 15) is 0 Å². The molecule has 0 saturated carbocycles. The van der Waals surface area contributed by atoms with E-state index >= 15 is 0 Å². The topological polar surface area (TPSA) is 46.8 Å². The van der Waals surface area contributed by atoms with Gasteiger partial charge in [0.2, 0.25) is 0 Å². The number of para-hydroxylation sites is 1. The zero-order valence-electron chi connectivity index (χ0n) is 14.8. The normalized spacial score (nSPS) is 11.6. The highest BCUT2D eigenvalue weighted by molar-refractivity contribution is 5.87. The first-order valence-corrected chi connectivity index (χ1v) is 8.55. The van der Waals surface area contributed by atoms with Crippen LogP contribution < -0.4 is 4.90 Å². The second kappa shape index (κ2) is 6.99. The standard InChI is InChI=1S/C19H25N5/c1-14(2)11-23(12-15(3)4)18-17-10-22-24(19(17)21-13-20-18)16-8-6-5-7-9-16/h5-10,13-15H,11-12H2,1-4H3. The fourth-order valence-electron chi connectivity index (χ4n) is 2.97. The molecular weight excluding hydrogens is 298 g/mol. The number of rotatable bonds is 6. The SMILES string of the molecule is CC(C)CN(CC(C)C)c1ncnc2c1cnn2-c1ccccc1. The largest absolute Gasteiger partial charge is 0.355 e. The van der Waals surface area contributed by atoms with Gasteiger partial charge < -0.3 is 4.90 Å². The molecule has 0 spiro atoms. The minimum Gasteiger partial charge on any atom is -0.355 e. The first-order valence-electron chi connectivity index (χ1n) is 8.55. The summed E-state index contributed by atoms with van der Waals surface area (Å²) in [4.78, 5) is 11.4. The highest BCUT2D eigenvalue weighted by atomic mass is 15.3. The molecule has 0 saturated heterocycles. The zero-order valence-corrected chi connectivity index (χ0v) is 14.8. The number of fused-ring (bicyclic) bond motifs is 1. The maximum Gasteiger partial charge on any atom is 0.168 e. The lowest BCUT2D eigenvalue weighted by Crippen LogP contribution is -2.32. The molecule has 0 bridgehead atoms. The van der Waals surface area contributed by atoms with Crippen molar-refractivity contribution in [2.45, 2.75) is 27.7 Å². The fraction of sp³-hybridized carbons (Fsp3) is 0.421. The van der Waals surface area contributed by atoms with E-state index in [0.717, 1.165) is 35.6 Å². The Bertz CT molecular complexity index is 782. The van der Waals surface area contributed by atoms with Gasteiger partial charge in [-0.05, 0) is 24.0 Å². The van der Waals surface area contributed by atoms with E-state index in [1.165, 1.54) is 0 Å². The maximum absolute atomic E-state index is 4.58. The Balaban J connectivity index is 2.07. The average Bonchev–Trinajstić information content (AvgIpc) is 2.98. The van der Waals surface area contributed by atoms with E-state index in [1.54, 1.807) is 6.33 Å². The summed E-state index contributed by atoms with van der Waals surface area (Å²) in [6.07, 6.45) is 3.53. The molecular formula is C19H25N5. The average molecular weight is 323 g/mol. The Hall–Kier alpha value is -2.43. The lowest BCUT2D eigenvalue weighted by Gasteiger charge is -2.27. The van der Waals surface area contributed by atoms with Crippen LogP contribution in [0.25, 0.3) is 16.7 Å². The molecule has 3 aromatic rings. The van der Waals surface area contributed by atoms with E-state index in [0.29, 0.717) is 11.8 Å². The van der Waals surface area contributed by atoms with Gasteiger partial charge in [0.25, 0.3) is 0 Å². The van der Waals surface area contributed by atoms with E-state index in [1.807, 2.05) is 41.2 Å². The Kier molecular flexibility index (Phi) is 4.79. The number of anilines is 1. The van der Waals surface area contributed by atoms with E-state index in [-0.39, 0.29) is 0 Å². The molecule has 1 aromatic carbocycles. The van der Waals surface area contributed by atoms with Crippen molar-refractivity contribution in [1.29, 1.82) is 0 Å². The van der Waals surface area contributed by atoms with Gasteiger partial charge in [0.1, 0.15) is 12.1 Å². The Labute approximate surface area is 143 Å². The van der Waals surface area contributed by atoms with Crippen LogP contribution in [0.1, 0.15) is 27.7 Å². The van der Waals surface area contributed by atoms with E-state index < -0.39 is 0 Å². The summed E-state index contributed by atoms with van der Waals surface area (Å²) in [5.41, 5.74) is 1.86. The lowest BCUT2D eigenvalue weighted by molar-refractivity contribution is 0.550. The molecule has 3 rings (SSSR count). The van der Waals surface area contributed by atoms with Crippen molar-refractivity contribution < 1.29 is 0 Å². The van der Waals surface area contributed by atoms with Gasteiger partial charge in [-0.3, -0.25) is 0 Å². The number of hydrogen-bond acceptors (Lipinski definition) is 4. The Morgan fingerprint density at radius 1 is 0.958 bits per heavy atom. The molecule has 5 nitrogen and oxygen atoms in total. The quantitative estimate of drug-likeness (QED) is 0.689. The van der Waals surface area contributed by atoms with Crippen LogP contribution in [0.4, 0.5) is 5.82 Å². The summed E-state index contributed by atoms with van der Waals surface area (Å²) in [5.74, 6) is 2.11. The van der Waals surface area contributed by atoms with E-state index in [2.05, 4.69) is 47.7 Å². The molecule has 2 heterocycles. The molecule has 0 aliphatic heterocycles. The van der Waals surface area contributed by atoms with Gasteiger partial charge in [0.15, 0.2) is 5.65 Å². The maximum atomic E-state index is 4.58. The monoisotopic (exact) mass is 323 g/mol. The van der Waals surface area contributed by atoms with Crippen LogP contribution in [0.15, 0.2) is 42.9 Å². The van der Waals surface area contributed by atoms with Gasteiger partial charge in [0, 0.05) is 13.1 Å². The number of aromatic nitrogens is 4. The van der Waals surface area contributed by atoms with Crippen molar-refractivity contribution in [2.75, 3.05) is 18.0 Å². The van der Waals surface area contributed by atoms with Gasteiger partial charge >= 0.3 is 0 Å². The van der Waals surface area contributed by atoms with Crippen molar-refractivity contribution >= 4 is 16.9 Å². The Morgan fingerprint density at radius 3 is 2.25 bits per heavy atom. The van der Waals surface area contributed by atoms with Gasteiger partial charge in [-0.15, -0.1) is 0 Å². The third kappa shape index (κ3) is 3.40. The molecule has 0 amide bonds. The smallest absolute Gasteiger partial charge is 0.168 e. The van der Waals surface area contributed by atoms with Gasteiger partial charge in [-0.1, -0.05) is 45.9 Å². The van der Waals surface area contributed by atoms with Crippen molar-refractivity contribution in [3.63, 3.8) is 0 Å². The molecule has 0 aliphatic carbocycles. The van der Waals surface area contributed by atoms with E-state index in [4.69, 9.17) is 0 Å². The summed E-state index contributed by atoms with van der Waals surface area (Å²) in [5, 5.41) is 5.56. The molecule has 0 atom stereocenters. The molecule has 0 fully saturated rings. The number of nitrogens with zero attached hydrogens (tertiary/aromatic N) is 5.